The van der Waals surface area contributed by atoms with Gasteiger partial charge < -0.3 is 10.2 Å². The Kier molecular flexibility index (Phi) is 4.91. The zero-order chi connectivity index (χ0) is 15.6. The lowest BCUT2D eigenvalue weighted by atomic mass is 10.1. The van der Waals surface area contributed by atoms with E-state index in [1.165, 1.54) is 0 Å². The first-order valence-corrected chi connectivity index (χ1v) is 7.60. The summed E-state index contributed by atoms with van der Waals surface area (Å²) in [6.45, 7) is 1.98. The molecule has 1 N–H and O–H groups in total. The van der Waals surface area contributed by atoms with Gasteiger partial charge in [-0.15, -0.1) is 0 Å². The number of benzene rings is 2. The van der Waals surface area contributed by atoms with Crippen LogP contribution in [-0.4, -0.2) is 20.0 Å². The van der Waals surface area contributed by atoms with E-state index >= 15 is 0 Å². The van der Waals surface area contributed by atoms with Crippen molar-refractivity contribution in [2.45, 2.75) is 6.92 Å². The van der Waals surface area contributed by atoms with Crippen LogP contribution in [-0.2, 0) is 0 Å². The molecule has 0 saturated carbocycles. The van der Waals surface area contributed by atoms with E-state index in [9.17, 15) is 4.79 Å². The number of rotatable bonds is 3. The number of nitrogens with one attached hydrogen (secondary N) is 1. The summed E-state index contributed by atoms with van der Waals surface area (Å²) in [7, 11) is 3.78. The first-order valence-electron chi connectivity index (χ1n) is 6.43. The molecular weight excluding hydrogens is 352 g/mol. The molecule has 2 aromatic carbocycles. The van der Waals surface area contributed by atoms with Crippen LogP contribution < -0.4 is 10.2 Å². The summed E-state index contributed by atoms with van der Waals surface area (Å²) < 4.78 is 0.772. The fraction of sp³-hybridized carbons (Fsp3) is 0.188. The van der Waals surface area contributed by atoms with Gasteiger partial charge in [-0.05, 0) is 52.7 Å². The zero-order valence-electron chi connectivity index (χ0n) is 12.1. The molecule has 0 heterocycles. The Morgan fingerprint density at radius 1 is 1.24 bits per heavy atom. The first-order chi connectivity index (χ1) is 9.90. The lowest BCUT2D eigenvalue weighted by Gasteiger charge is -2.19. The van der Waals surface area contributed by atoms with E-state index in [0.29, 0.717) is 16.3 Å². The van der Waals surface area contributed by atoms with Gasteiger partial charge in [0.25, 0.3) is 5.91 Å². The molecule has 0 unspecified atom stereocenters. The minimum atomic E-state index is -0.174. The van der Waals surface area contributed by atoms with Crippen molar-refractivity contribution in [1.82, 2.24) is 0 Å². The smallest absolute Gasteiger partial charge is 0.256 e. The second kappa shape index (κ2) is 6.50. The van der Waals surface area contributed by atoms with Gasteiger partial charge in [-0.3, -0.25) is 4.79 Å². The molecular formula is C16H16BrClN2O. The lowest BCUT2D eigenvalue weighted by molar-refractivity contribution is 0.102. The van der Waals surface area contributed by atoms with E-state index in [1.807, 2.05) is 50.2 Å². The van der Waals surface area contributed by atoms with E-state index in [-0.39, 0.29) is 5.91 Å². The number of nitrogens with zero attached hydrogens (tertiary/aromatic N) is 1. The van der Waals surface area contributed by atoms with Gasteiger partial charge in [-0.2, -0.15) is 0 Å². The third kappa shape index (κ3) is 3.57. The molecule has 21 heavy (non-hydrogen) atoms. The highest BCUT2D eigenvalue weighted by atomic mass is 79.9. The van der Waals surface area contributed by atoms with Crippen molar-refractivity contribution < 1.29 is 4.79 Å². The Morgan fingerprint density at radius 2 is 1.95 bits per heavy atom. The molecule has 5 heteroatoms. The normalized spacial score (nSPS) is 10.3. The average Bonchev–Trinajstić information content (AvgIpc) is 2.37. The number of carbonyl (C=O) groups is 1. The molecule has 0 spiro atoms. The molecule has 110 valence electrons. The highest BCUT2D eigenvalue weighted by Gasteiger charge is 2.14. The molecule has 0 aliphatic rings. The van der Waals surface area contributed by atoms with Crippen molar-refractivity contribution in [1.29, 1.82) is 0 Å². The van der Waals surface area contributed by atoms with Crippen molar-refractivity contribution in [2.75, 3.05) is 24.3 Å². The van der Waals surface area contributed by atoms with Gasteiger partial charge in [-0.1, -0.05) is 23.7 Å². The maximum absolute atomic E-state index is 12.4. The van der Waals surface area contributed by atoms with E-state index in [2.05, 4.69) is 21.2 Å². The Bertz CT molecular complexity index is 686. The van der Waals surface area contributed by atoms with Gasteiger partial charge in [0.05, 0.1) is 22.0 Å². The highest BCUT2D eigenvalue weighted by molar-refractivity contribution is 9.10. The summed E-state index contributed by atoms with van der Waals surface area (Å²) in [6.07, 6.45) is 0. The van der Waals surface area contributed by atoms with Crippen molar-refractivity contribution >= 4 is 44.8 Å². The predicted octanol–water partition coefficient (Wildman–Crippen LogP) is 4.73. The molecule has 2 aromatic rings. The lowest BCUT2D eigenvalue weighted by Crippen LogP contribution is -2.17. The van der Waals surface area contributed by atoms with E-state index in [4.69, 9.17) is 11.6 Å². The van der Waals surface area contributed by atoms with Gasteiger partial charge in [0, 0.05) is 18.6 Å². The minimum absolute atomic E-state index is 0.174. The second-order valence-electron chi connectivity index (χ2n) is 4.97. The Hall–Kier alpha value is -1.52. The van der Waals surface area contributed by atoms with Crippen LogP contribution in [0.3, 0.4) is 0 Å². The predicted molar refractivity (Wildman–Crippen MR) is 92.6 cm³/mol. The number of anilines is 2. The highest BCUT2D eigenvalue weighted by Crippen LogP contribution is 2.33. The van der Waals surface area contributed by atoms with E-state index in [1.54, 1.807) is 12.1 Å². The molecule has 0 saturated heterocycles. The van der Waals surface area contributed by atoms with Crippen LogP contribution in [0.25, 0.3) is 0 Å². The maximum Gasteiger partial charge on any atom is 0.256 e. The number of hydrogen-bond acceptors (Lipinski definition) is 2. The average molecular weight is 368 g/mol. The van der Waals surface area contributed by atoms with Crippen molar-refractivity contribution in [3.8, 4) is 0 Å². The topological polar surface area (TPSA) is 32.3 Å². The molecule has 0 aliphatic heterocycles. The number of carbonyl (C=O) groups excluding carboxylic acids is 1. The van der Waals surface area contributed by atoms with Gasteiger partial charge in [0.15, 0.2) is 0 Å². The summed E-state index contributed by atoms with van der Waals surface area (Å²) >= 11 is 9.63. The van der Waals surface area contributed by atoms with Crippen molar-refractivity contribution in [3.05, 3.63) is 57.0 Å². The molecule has 0 atom stereocenters. The van der Waals surface area contributed by atoms with E-state index in [0.717, 1.165) is 15.7 Å². The molecule has 3 nitrogen and oxygen atoms in total. The second-order valence-corrected chi connectivity index (χ2v) is 6.23. The summed E-state index contributed by atoms with van der Waals surface area (Å²) in [5, 5.41) is 3.51. The third-order valence-corrected chi connectivity index (χ3v) is 4.01. The summed E-state index contributed by atoms with van der Waals surface area (Å²) in [4.78, 5) is 14.3. The molecule has 0 radical (unpaired) electrons. The standard InChI is InChI=1S/C16H16BrClN2O/c1-10-7-8-11(12(17)9-10)16(21)19-14-6-4-5-13(18)15(14)20(2)3/h4-9H,1-3H3,(H,19,21). The molecule has 0 bridgehead atoms. The number of para-hydroxylation sites is 1. The van der Waals surface area contributed by atoms with Crippen LogP contribution in [0.4, 0.5) is 11.4 Å². The van der Waals surface area contributed by atoms with Gasteiger partial charge in [0.1, 0.15) is 0 Å². The summed E-state index contributed by atoms with van der Waals surface area (Å²) in [5.74, 6) is -0.174. The SMILES string of the molecule is Cc1ccc(C(=O)Nc2cccc(Cl)c2N(C)C)c(Br)c1. The van der Waals surface area contributed by atoms with Crippen LogP contribution in [0, 0.1) is 6.92 Å². The minimum Gasteiger partial charge on any atom is -0.375 e. The molecule has 0 aromatic heterocycles. The van der Waals surface area contributed by atoms with Crippen LogP contribution in [0.15, 0.2) is 40.9 Å². The Morgan fingerprint density at radius 3 is 2.57 bits per heavy atom. The van der Waals surface area contributed by atoms with Crippen molar-refractivity contribution in [3.63, 3.8) is 0 Å². The number of aryl methyl sites for hydroxylation is 1. The first kappa shape index (κ1) is 15.9. The quantitative estimate of drug-likeness (QED) is 0.850. The van der Waals surface area contributed by atoms with Gasteiger partial charge in [0.2, 0.25) is 0 Å². The number of hydrogen-bond donors (Lipinski definition) is 1. The monoisotopic (exact) mass is 366 g/mol. The maximum atomic E-state index is 12.4. The zero-order valence-corrected chi connectivity index (χ0v) is 14.4. The van der Waals surface area contributed by atoms with E-state index < -0.39 is 0 Å². The van der Waals surface area contributed by atoms with Crippen molar-refractivity contribution in [2.24, 2.45) is 0 Å². The summed E-state index contributed by atoms with van der Waals surface area (Å²) in [6, 6.07) is 11.1. The third-order valence-electron chi connectivity index (χ3n) is 3.05. The van der Waals surface area contributed by atoms with Gasteiger partial charge in [-0.25, -0.2) is 0 Å². The summed E-state index contributed by atoms with van der Waals surface area (Å²) in [5.41, 5.74) is 3.15. The van der Waals surface area contributed by atoms with Crippen LogP contribution in [0.1, 0.15) is 15.9 Å². The Labute approximate surface area is 138 Å². The van der Waals surface area contributed by atoms with Crippen LogP contribution in [0.2, 0.25) is 5.02 Å². The largest absolute Gasteiger partial charge is 0.375 e. The fourth-order valence-electron chi connectivity index (χ4n) is 2.06. The molecule has 0 fully saturated rings. The number of halogens is 2. The Balaban J connectivity index is 2.34. The van der Waals surface area contributed by atoms with Crippen LogP contribution in [0.5, 0.6) is 0 Å². The van der Waals surface area contributed by atoms with Gasteiger partial charge >= 0.3 is 0 Å². The molecule has 0 aliphatic carbocycles. The molecule has 2 rings (SSSR count). The molecule has 1 amide bonds. The fourth-order valence-corrected chi connectivity index (χ4v) is 3.08. The number of amides is 1. The van der Waals surface area contributed by atoms with Crippen LogP contribution >= 0.6 is 27.5 Å².